The van der Waals surface area contributed by atoms with Gasteiger partial charge in [-0.15, -0.1) is 0 Å². The van der Waals surface area contributed by atoms with Crippen molar-refractivity contribution in [2.75, 3.05) is 11.1 Å². The number of nitrogens with two attached hydrogens (primary N) is 1. The highest BCUT2D eigenvalue weighted by molar-refractivity contribution is 6.44. The van der Waals surface area contributed by atoms with E-state index in [0.29, 0.717) is 32.1 Å². The van der Waals surface area contributed by atoms with E-state index in [0.717, 1.165) is 0 Å². The topological polar surface area (TPSA) is 38.0 Å². The van der Waals surface area contributed by atoms with Gasteiger partial charge in [-0.2, -0.15) is 0 Å². The van der Waals surface area contributed by atoms with Gasteiger partial charge in [0.05, 0.1) is 20.8 Å². The lowest BCUT2D eigenvalue weighted by Crippen LogP contribution is -1.95. The molecule has 0 spiro atoms. The Morgan fingerprint density at radius 2 is 1.56 bits per heavy atom. The summed E-state index contributed by atoms with van der Waals surface area (Å²) in [7, 11) is 0. The van der Waals surface area contributed by atoms with Crippen molar-refractivity contribution in [1.29, 1.82) is 0 Å². The molecule has 0 amide bonds. The van der Waals surface area contributed by atoms with Gasteiger partial charge in [0.25, 0.3) is 0 Å². The van der Waals surface area contributed by atoms with E-state index in [9.17, 15) is 4.39 Å². The van der Waals surface area contributed by atoms with Crippen molar-refractivity contribution >= 4 is 51.9 Å². The molecule has 0 aliphatic carbocycles. The minimum atomic E-state index is -0.436. The van der Waals surface area contributed by atoms with Gasteiger partial charge in [-0.1, -0.05) is 34.8 Å². The first-order valence-electron chi connectivity index (χ1n) is 4.93. The van der Waals surface area contributed by atoms with Crippen molar-refractivity contribution in [3.63, 3.8) is 0 Å². The largest absolute Gasteiger partial charge is 0.399 e. The fraction of sp³-hybridized carbons (Fsp3) is 0. The van der Waals surface area contributed by atoms with Gasteiger partial charge < -0.3 is 11.1 Å². The summed E-state index contributed by atoms with van der Waals surface area (Å²) in [5.74, 6) is -0.436. The molecular formula is C12H8Cl3FN2. The van der Waals surface area contributed by atoms with Gasteiger partial charge in [-0.3, -0.25) is 0 Å². The molecule has 0 radical (unpaired) electrons. The Bertz CT molecular complexity index is 582. The monoisotopic (exact) mass is 304 g/mol. The van der Waals surface area contributed by atoms with E-state index in [-0.39, 0.29) is 0 Å². The lowest BCUT2D eigenvalue weighted by Gasteiger charge is -2.10. The zero-order valence-electron chi connectivity index (χ0n) is 8.98. The first-order valence-corrected chi connectivity index (χ1v) is 6.07. The maximum Gasteiger partial charge on any atom is 0.127 e. The minimum Gasteiger partial charge on any atom is -0.399 e. The average Bonchev–Trinajstić information content (AvgIpc) is 2.24. The first-order chi connectivity index (χ1) is 8.45. The highest BCUT2D eigenvalue weighted by Crippen LogP contribution is 2.34. The molecule has 0 atom stereocenters. The van der Waals surface area contributed by atoms with Crippen molar-refractivity contribution in [1.82, 2.24) is 0 Å². The van der Waals surface area contributed by atoms with Crippen molar-refractivity contribution < 1.29 is 4.39 Å². The quantitative estimate of drug-likeness (QED) is 0.597. The van der Waals surface area contributed by atoms with Crippen molar-refractivity contribution in [3.8, 4) is 0 Å². The molecule has 6 heteroatoms. The van der Waals surface area contributed by atoms with Crippen molar-refractivity contribution in [3.05, 3.63) is 51.2 Å². The van der Waals surface area contributed by atoms with E-state index >= 15 is 0 Å². The van der Waals surface area contributed by atoms with Crippen LogP contribution >= 0.6 is 34.8 Å². The number of hydrogen-bond acceptors (Lipinski definition) is 2. The maximum absolute atomic E-state index is 13.2. The summed E-state index contributed by atoms with van der Waals surface area (Å²) in [6.45, 7) is 0. The van der Waals surface area contributed by atoms with Crippen LogP contribution in [0, 0.1) is 5.82 Å². The second-order valence-corrected chi connectivity index (χ2v) is 4.87. The number of halogens is 4. The zero-order chi connectivity index (χ0) is 13.3. The van der Waals surface area contributed by atoms with E-state index in [4.69, 9.17) is 40.5 Å². The lowest BCUT2D eigenvalue weighted by atomic mass is 10.2. The molecule has 0 unspecified atom stereocenters. The number of hydrogen-bond donors (Lipinski definition) is 2. The predicted octanol–water partition coefficient (Wildman–Crippen LogP) is 5.11. The summed E-state index contributed by atoms with van der Waals surface area (Å²) >= 11 is 17.7. The lowest BCUT2D eigenvalue weighted by molar-refractivity contribution is 0.629. The summed E-state index contributed by atoms with van der Waals surface area (Å²) in [6, 6.07) is 7.18. The molecule has 0 aliphatic heterocycles. The van der Waals surface area contributed by atoms with Crippen molar-refractivity contribution in [2.45, 2.75) is 0 Å². The van der Waals surface area contributed by atoms with Gasteiger partial charge in [0.2, 0.25) is 0 Å². The van der Waals surface area contributed by atoms with Gasteiger partial charge >= 0.3 is 0 Å². The fourth-order valence-electron chi connectivity index (χ4n) is 1.46. The highest BCUT2D eigenvalue weighted by Gasteiger charge is 2.07. The molecule has 0 aliphatic rings. The normalized spacial score (nSPS) is 10.4. The Balaban J connectivity index is 2.36. The molecule has 0 aromatic heterocycles. The molecule has 0 heterocycles. The summed E-state index contributed by atoms with van der Waals surface area (Å²) in [5, 5.41) is 4.02. The molecule has 18 heavy (non-hydrogen) atoms. The second kappa shape index (κ2) is 5.22. The molecule has 2 aromatic carbocycles. The molecular weight excluding hydrogens is 298 g/mol. The molecule has 0 saturated carbocycles. The van der Waals surface area contributed by atoms with Gasteiger partial charge in [0, 0.05) is 11.4 Å². The van der Waals surface area contributed by atoms with Crippen LogP contribution in [-0.4, -0.2) is 0 Å². The summed E-state index contributed by atoms with van der Waals surface area (Å²) in [6.07, 6.45) is 0. The molecule has 2 rings (SSSR count). The minimum absolute atomic E-state index is 0.314. The number of benzene rings is 2. The number of nitrogen functional groups attached to an aromatic ring is 1. The predicted molar refractivity (Wildman–Crippen MR) is 75.6 cm³/mol. The van der Waals surface area contributed by atoms with Crippen LogP contribution in [0.15, 0.2) is 30.3 Å². The van der Waals surface area contributed by atoms with E-state index < -0.39 is 5.82 Å². The standard InChI is InChI=1S/C12H8Cl3FN2/c13-9-4-11(15)12(5-10(9)14)18-8-2-6(16)1-7(17)3-8/h1-5,18H,17H2. The molecule has 2 nitrogen and oxygen atoms in total. The Kier molecular flexibility index (Phi) is 3.85. The van der Waals surface area contributed by atoms with E-state index in [1.165, 1.54) is 18.2 Å². The van der Waals surface area contributed by atoms with Crippen LogP contribution in [0.25, 0.3) is 0 Å². The average molecular weight is 306 g/mol. The number of nitrogens with one attached hydrogen (secondary N) is 1. The third-order valence-corrected chi connectivity index (χ3v) is 3.24. The maximum atomic E-state index is 13.2. The molecule has 3 N–H and O–H groups in total. The molecule has 94 valence electrons. The number of anilines is 3. The van der Waals surface area contributed by atoms with E-state index in [2.05, 4.69) is 5.32 Å². The highest BCUT2D eigenvalue weighted by atomic mass is 35.5. The van der Waals surface area contributed by atoms with E-state index in [1.807, 2.05) is 0 Å². The van der Waals surface area contributed by atoms with Crippen LogP contribution in [-0.2, 0) is 0 Å². The number of rotatable bonds is 2. The molecule has 0 bridgehead atoms. The fourth-order valence-corrected chi connectivity index (χ4v) is 2.05. The molecule has 0 saturated heterocycles. The van der Waals surface area contributed by atoms with Gasteiger partial charge in [0.15, 0.2) is 0 Å². The Morgan fingerprint density at radius 3 is 2.22 bits per heavy atom. The zero-order valence-corrected chi connectivity index (χ0v) is 11.2. The van der Waals surface area contributed by atoms with Gasteiger partial charge in [-0.05, 0) is 30.3 Å². The van der Waals surface area contributed by atoms with Crippen LogP contribution in [0.3, 0.4) is 0 Å². The second-order valence-electron chi connectivity index (χ2n) is 3.64. The van der Waals surface area contributed by atoms with Gasteiger partial charge in [0.1, 0.15) is 5.82 Å². The Morgan fingerprint density at radius 1 is 0.889 bits per heavy atom. The summed E-state index contributed by atoms with van der Waals surface area (Å²) < 4.78 is 13.2. The van der Waals surface area contributed by atoms with Crippen LogP contribution in [0.1, 0.15) is 0 Å². The van der Waals surface area contributed by atoms with Crippen LogP contribution in [0.4, 0.5) is 21.5 Å². The first kappa shape index (κ1) is 13.3. The molecule has 2 aromatic rings. The Labute approximate surface area is 118 Å². The smallest absolute Gasteiger partial charge is 0.127 e. The summed E-state index contributed by atoms with van der Waals surface area (Å²) in [4.78, 5) is 0. The molecule has 0 fully saturated rings. The Hall–Kier alpha value is -1.16. The SMILES string of the molecule is Nc1cc(F)cc(Nc2cc(Cl)c(Cl)cc2Cl)c1. The van der Waals surface area contributed by atoms with Crippen LogP contribution in [0.5, 0.6) is 0 Å². The third-order valence-electron chi connectivity index (χ3n) is 2.21. The van der Waals surface area contributed by atoms with Crippen molar-refractivity contribution in [2.24, 2.45) is 0 Å². The van der Waals surface area contributed by atoms with Crippen LogP contribution < -0.4 is 11.1 Å². The van der Waals surface area contributed by atoms with Crippen LogP contribution in [0.2, 0.25) is 15.1 Å². The third kappa shape index (κ3) is 2.99. The van der Waals surface area contributed by atoms with E-state index in [1.54, 1.807) is 12.1 Å². The summed E-state index contributed by atoms with van der Waals surface area (Å²) in [5.41, 5.74) is 6.86. The van der Waals surface area contributed by atoms with Gasteiger partial charge in [-0.25, -0.2) is 4.39 Å².